The van der Waals surface area contributed by atoms with Gasteiger partial charge < -0.3 is 9.47 Å². The molecule has 4 rings (SSSR count). The molecule has 0 bridgehead atoms. The molecule has 0 radical (unpaired) electrons. The normalized spacial score (nSPS) is 18.4. The predicted molar refractivity (Wildman–Crippen MR) is 120 cm³/mol. The number of carbonyl (C=O) groups excluding carboxylic acids is 4. The van der Waals surface area contributed by atoms with E-state index in [4.69, 9.17) is 9.47 Å². The lowest BCUT2D eigenvalue weighted by Crippen LogP contribution is -2.58. The molecule has 13 heteroatoms. The van der Waals surface area contributed by atoms with Crippen molar-refractivity contribution in [2.45, 2.75) is 19.6 Å². The first kappa shape index (κ1) is 25.9. The first-order valence-electron chi connectivity index (χ1n) is 11.2. The molecule has 2 saturated heterocycles. The van der Waals surface area contributed by atoms with Crippen molar-refractivity contribution in [3.05, 3.63) is 59.4 Å². The Balaban J connectivity index is 1.69. The van der Waals surface area contributed by atoms with Gasteiger partial charge in [-0.1, -0.05) is 12.1 Å². The second-order valence-electron chi connectivity index (χ2n) is 8.18. The zero-order chi connectivity index (χ0) is 26.9. The summed E-state index contributed by atoms with van der Waals surface area (Å²) in [5.41, 5.74) is -1.58. The molecule has 0 saturated carbocycles. The van der Waals surface area contributed by atoms with Crippen LogP contribution in [0.2, 0.25) is 0 Å². The molecule has 1 unspecified atom stereocenters. The highest BCUT2D eigenvalue weighted by molar-refractivity contribution is 6.12. The summed E-state index contributed by atoms with van der Waals surface area (Å²) >= 11 is 0. The van der Waals surface area contributed by atoms with Gasteiger partial charge in [0.05, 0.1) is 31.8 Å². The molecule has 1 atom stereocenters. The van der Waals surface area contributed by atoms with Crippen LogP contribution in [0.5, 0.6) is 0 Å². The monoisotopic (exact) mass is 523 g/mol. The first-order chi connectivity index (χ1) is 17.5. The van der Waals surface area contributed by atoms with E-state index < -0.39 is 66.1 Å². The minimum atomic E-state index is -5.09. The molecule has 0 aliphatic carbocycles. The summed E-state index contributed by atoms with van der Waals surface area (Å²) < 4.78 is 64.6. The van der Waals surface area contributed by atoms with Gasteiger partial charge >= 0.3 is 24.3 Å². The highest BCUT2D eigenvalue weighted by atomic mass is 19.4. The summed E-state index contributed by atoms with van der Waals surface area (Å²) in [5.74, 6) is -5.10. The van der Waals surface area contributed by atoms with E-state index in [0.717, 1.165) is 17.0 Å². The average molecular weight is 523 g/mol. The number of rotatable bonds is 6. The topological polar surface area (TPSA) is 96.5 Å². The lowest BCUT2D eigenvalue weighted by Gasteiger charge is -2.38. The van der Waals surface area contributed by atoms with Crippen LogP contribution in [0.4, 0.5) is 38.5 Å². The number of benzene rings is 2. The van der Waals surface area contributed by atoms with E-state index in [0.29, 0.717) is 23.2 Å². The number of cyclic esters (lactones) is 1. The Hall–Kier alpha value is -4.16. The molecule has 37 heavy (non-hydrogen) atoms. The second-order valence-corrected chi connectivity index (χ2v) is 8.18. The van der Waals surface area contributed by atoms with Gasteiger partial charge in [0.2, 0.25) is 5.91 Å². The number of imide groups is 1. The number of alkyl halides is 3. The molecule has 2 aromatic rings. The third-order valence-electron chi connectivity index (χ3n) is 5.91. The third kappa shape index (κ3) is 5.06. The highest BCUT2D eigenvalue weighted by Crippen LogP contribution is 2.36. The molecule has 0 aromatic heterocycles. The molecule has 196 valence electrons. The van der Waals surface area contributed by atoms with E-state index in [2.05, 4.69) is 0 Å². The summed E-state index contributed by atoms with van der Waals surface area (Å²) in [7, 11) is 0. The predicted octanol–water partition coefficient (Wildman–Crippen LogP) is 3.95. The van der Waals surface area contributed by atoms with Gasteiger partial charge in [-0.2, -0.15) is 13.2 Å². The maximum atomic E-state index is 14.1. The SMILES string of the molecule is CCOC(=O)C1CN(c2ccc(N3CCOC3=O)cc2)C(=O)N(Cc2cccc(F)c2C(F)(F)F)C1=O. The number of hydrogen-bond acceptors (Lipinski definition) is 6. The minimum absolute atomic E-state index is 0.0701. The van der Waals surface area contributed by atoms with Gasteiger partial charge in [0.25, 0.3) is 0 Å². The van der Waals surface area contributed by atoms with Crippen LogP contribution >= 0.6 is 0 Å². The standard InChI is InChI=1S/C24H21F4N3O6/c1-2-36-21(33)17-13-30(16-8-6-15(7-9-16)29-10-11-37-23(29)35)22(34)31(20(17)32)12-14-4-3-5-18(25)19(14)24(26,27)28/h3-9,17H,2,10-13H2,1H3. The van der Waals surface area contributed by atoms with Gasteiger partial charge in [0.1, 0.15) is 12.4 Å². The molecular weight excluding hydrogens is 502 g/mol. The summed E-state index contributed by atoms with van der Waals surface area (Å²) in [6.07, 6.45) is -5.63. The van der Waals surface area contributed by atoms with Crippen LogP contribution in [0, 0.1) is 11.7 Å². The zero-order valence-electron chi connectivity index (χ0n) is 19.5. The molecule has 4 amide bonds. The van der Waals surface area contributed by atoms with Crippen molar-refractivity contribution >= 4 is 35.4 Å². The average Bonchev–Trinajstić information content (AvgIpc) is 3.27. The fraction of sp³-hybridized carbons (Fsp3) is 0.333. The summed E-state index contributed by atoms with van der Waals surface area (Å²) in [4.78, 5) is 53.6. The van der Waals surface area contributed by atoms with Crippen molar-refractivity contribution in [2.24, 2.45) is 5.92 Å². The van der Waals surface area contributed by atoms with Crippen molar-refractivity contribution in [3.63, 3.8) is 0 Å². The van der Waals surface area contributed by atoms with Crippen molar-refractivity contribution in [3.8, 4) is 0 Å². The maximum Gasteiger partial charge on any atom is 0.419 e. The third-order valence-corrected chi connectivity index (χ3v) is 5.91. The number of anilines is 2. The molecule has 0 N–H and O–H groups in total. The van der Waals surface area contributed by atoms with Crippen LogP contribution in [-0.2, 0) is 31.8 Å². The summed E-state index contributed by atoms with van der Waals surface area (Å²) in [5, 5.41) is 0. The first-order valence-corrected chi connectivity index (χ1v) is 11.2. The quantitative estimate of drug-likeness (QED) is 0.323. The van der Waals surface area contributed by atoms with E-state index in [9.17, 15) is 36.7 Å². The zero-order valence-corrected chi connectivity index (χ0v) is 19.5. The molecule has 2 aromatic carbocycles. The van der Waals surface area contributed by atoms with Gasteiger partial charge in [-0.25, -0.2) is 14.0 Å². The van der Waals surface area contributed by atoms with E-state index in [1.165, 1.54) is 36.1 Å². The highest BCUT2D eigenvalue weighted by Gasteiger charge is 2.45. The largest absolute Gasteiger partial charge is 0.465 e. The van der Waals surface area contributed by atoms with E-state index in [1.807, 2.05) is 0 Å². The lowest BCUT2D eigenvalue weighted by molar-refractivity contribution is -0.155. The number of nitrogens with zero attached hydrogens (tertiary/aromatic N) is 3. The number of urea groups is 1. The molecule has 2 aliphatic rings. The van der Waals surface area contributed by atoms with E-state index in [-0.39, 0.29) is 18.9 Å². The second kappa shape index (κ2) is 10.1. The van der Waals surface area contributed by atoms with Crippen LogP contribution in [0.15, 0.2) is 42.5 Å². The number of halogens is 4. The Morgan fingerprint density at radius 3 is 2.27 bits per heavy atom. The van der Waals surface area contributed by atoms with Gasteiger partial charge in [-0.05, 0) is 42.8 Å². The Morgan fingerprint density at radius 1 is 1.05 bits per heavy atom. The van der Waals surface area contributed by atoms with Crippen molar-refractivity contribution in [1.82, 2.24) is 4.90 Å². The van der Waals surface area contributed by atoms with Crippen LogP contribution < -0.4 is 9.80 Å². The Labute approximate surface area is 208 Å². The number of carbonyl (C=O) groups is 4. The number of esters is 1. The molecule has 9 nitrogen and oxygen atoms in total. The van der Waals surface area contributed by atoms with Gasteiger partial charge in [-0.3, -0.25) is 24.3 Å². The Morgan fingerprint density at radius 2 is 1.70 bits per heavy atom. The number of amides is 4. The van der Waals surface area contributed by atoms with Gasteiger partial charge in [-0.15, -0.1) is 0 Å². The van der Waals surface area contributed by atoms with Crippen molar-refractivity contribution in [2.75, 3.05) is 36.1 Å². The fourth-order valence-corrected chi connectivity index (χ4v) is 4.18. The minimum Gasteiger partial charge on any atom is -0.465 e. The molecular formula is C24H21F4N3O6. The molecule has 2 aliphatic heterocycles. The lowest BCUT2D eigenvalue weighted by atomic mass is 10.0. The van der Waals surface area contributed by atoms with Crippen LogP contribution in [0.3, 0.4) is 0 Å². The van der Waals surface area contributed by atoms with E-state index in [1.54, 1.807) is 0 Å². The Kier molecular flexibility index (Phi) is 7.05. The van der Waals surface area contributed by atoms with Gasteiger partial charge in [0.15, 0.2) is 5.92 Å². The number of hydrogen-bond donors (Lipinski definition) is 0. The summed E-state index contributed by atoms with van der Waals surface area (Å²) in [6, 6.07) is 7.55. The number of ether oxygens (including phenoxy) is 2. The maximum absolute atomic E-state index is 14.1. The van der Waals surface area contributed by atoms with Gasteiger partial charge in [0, 0.05) is 11.4 Å². The molecule has 2 heterocycles. The van der Waals surface area contributed by atoms with Crippen LogP contribution in [-0.4, -0.2) is 55.2 Å². The smallest absolute Gasteiger partial charge is 0.419 e. The Bertz CT molecular complexity index is 1230. The fourth-order valence-electron chi connectivity index (χ4n) is 4.18. The van der Waals surface area contributed by atoms with Crippen LogP contribution in [0.25, 0.3) is 0 Å². The summed E-state index contributed by atoms with van der Waals surface area (Å²) in [6.45, 7) is 0.629. The van der Waals surface area contributed by atoms with Crippen molar-refractivity contribution < 1.29 is 46.2 Å². The van der Waals surface area contributed by atoms with Crippen LogP contribution in [0.1, 0.15) is 18.1 Å². The van der Waals surface area contributed by atoms with E-state index >= 15 is 0 Å². The van der Waals surface area contributed by atoms with Crippen molar-refractivity contribution in [1.29, 1.82) is 0 Å². The molecule has 2 fully saturated rings. The molecule has 0 spiro atoms.